The molecular formula is C24H32N2O3. The number of amides is 2. The quantitative estimate of drug-likeness (QED) is 0.761. The van der Waals surface area contributed by atoms with Gasteiger partial charge in [-0.3, -0.25) is 9.59 Å². The highest BCUT2D eigenvalue weighted by Crippen LogP contribution is 2.32. The molecule has 3 atom stereocenters. The number of fused-ring (bicyclic) bond motifs is 1. The van der Waals surface area contributed by atoms with E-state index in [1.807, 2.05) is 30.3 Å². The number of morpholine rings is 1. The maximum Gasteiger partial charge on any atom is 0.286 e. The van der Waals surface area contributed by atoms with Crippen molar-refractivity contribution in [3.63, 3.8) is 0 Å². The molecule has 4 rings (SSSR count). The molecule has 5 nitrogen and oxygen atoms in total. The van der Waals surface area contributed by atoms with Crippen molar-refractivity contribution in [2.45, 2.75) is 82.4 Å². The summed E-state index contributed by atoms with van der Waals surface area (Å²) >= 11 is 0. The Balaban J connectivity index is 1.33. The highest BCUT2D eigenvalue weighted by atomic mass is 16.5. The van der Waals surface area contributed by atoms with Crippen molar-refractivity contribution in [1.29, 1.82) is 0 Å². The average molecular weight is 397 g/mol. The standard InChI is InChI=1S/C24H32N2O3/c27-23(25-19-11-7-2-1-3-8-12-19)18-13-14-21-20(16-18)26-24(28)22(29-21)15-17-9-5-4-6-10-17/h4-6,9-10,15,18-21H,1-3,7-8,11-14,16H2,(H,25,27)(H,26,28)/b22-15-. The van der Waals surface area contributed by atoms with Crippen molar-refractivity contribution in [3.8, 4) is 0 Å². The number of hydrogen-bond donors (Lipinski definition) is 2. The van der Waals surface area contributed by atoms with E-state index in [-0.39, 0.29) is 29.9 Å². The fraction of sp³-hybridized carbons (Fsp3) is 0.583. The van der Waals surface area contributed by atoms with Crippen LogP contribution in [0.4, 0.5) is 0 Å². The van der Waals surface area contributed by atoms with E-state index in [2.05, 4.69) is 10.6 Å². The number of nitrogens with one attached hydrogen (secondary N) is 2. The van der Waals surface area contributed by atoms with Crippen LogP contribution in [-0.4, -0.2) is 30.0 Å². The van der Waals surface area contributed by atoms with Gasteiger partial charge in [0.2, 0.25) is 5.91 Å². The molecule has 2 aliphatic carbocycles. The van der Waals surface area contributed by atoms with Crippen molar-refractivity contribution >= 4 is 17.9 Å². The molecule has 3 unspecified atom stereocenters. The first-order valence-electron chi connectivity index (χ1n) is 11.2. The van der Waals surface area contributed by atoms with Gasteiger partial charge in [0, 0.05) is 12.0 Å². The molecule has 2 N–H and O–H groups in total. The zero-order valence-electron chi connectivity index (χ0n) is 17.1. The summed E-state index contributed by atoms with van der Waals surface area (Å²) in [5, 5.41) is 6.38. The number of benzene rings is 1. The van der Waals surface area contributed by atoms with Gasteiger partial charge in [-0.1, -0.05) is 62.4 Å². The minimum atomic E-state index is -0.184. The Bertz CT molecular complexity index is 738. The number of ether oxygens (including phenoxy) is 1. The van der Waals surface area contributed by atoms with E-state index >= 15 is 0 Å². The zero-order valence-corrected chi connectivity index (χ0v) is 17.1. The molecule has 1 aromatic rings. The molecule has 156 valence electrons. The Kier molecular flexibility index (Phi) is 6.53. The first-order chi connectivity index (χ1) is 14.2. The summed E-state index contributed by atoms with van der Waals surface area (Å²) in [5.41, 5.74) is 0.948. The molecule has 1 heterocycles. The van der Waals surface area contributed by atoms with Crippen molar-refractivity contribution in [2.75, 3.05) is 0 Å². The number of carbonyl (C=O) groups excluding carboxylic acids is 2. The monoisotopic (exact) mass is 396 g/mol. The molecule has 5 heteroatoms. The summed E-state index contributed by atoms with van der Waals surface area (Å²) in [4.78, 5) is 25.4. The maximum absolute atomic E-state index is 12.9. The molecule has 0 radical (unpaired) electrons. The maximum atomic E-state index is 12.9. The van der Waals surface area contributed by atoms with Gasteiger partial charge in [0.25, 0.3) is 5.91 Å². The molecule has 3 fully saturated rings. The Morgan fingerprint density at radius 2 is 1.72 bits per heavy atom. The molecule has 1 saturated heterocycles. The summed E-state index contributed by atoms with van der Waals surface area (Å²) in [6.45, 7) is 0. The fourth-order valence-corrected chi connectivity index (χ4v) is 4.85. The van der Waals surface area contributed by atoms with E-state index in [0.29, 0.717) is 18.2 Å². The van der Waals surface area contributed by atoms with Crippen molar-refractivity contribution in [1.82, 2.24) is 10.6 Å². The van der Waals surface area contributed by atoms with E-state index < -0.39 is 0 Å². The van der Waals surface area contributed by atoms with E-state index in [0.717, 1.165) is 31.2 Å². The van der Waals surface area contributed by atoms with Gasteiger partial charge in [-0.05, 0) is 43.7 Å². The lowest BCUT2D eigenvalue weighted by molar-refractivity contribution is -0.135. The number of hydrogen-bond acceptors (Lipinski definition) is 3. The number of carbonyl (C=O) groups is 2. The van der Waals surface area contributed by atoms with Crippen LogP contribution in [0.3, 0.4) is 0 Å². The lowest BCUT2D eigenvalue weighted by atomic mass is 9.82. The lowest BCUT2D eigenvalue weighted by Gasteiger charge is -2.40. The lowest BCUT2D eigenvalue weighted by Crippen LogP contribution is -2.55. The Morgan fingerprint density at radius 3 is 2.48 bits per heavy atom. The van der Waals surface area contributed by atoms with E-state index in [9.17, 15) is 9.59 Å². The highest BCUT2D eigenvalue weighted by molar-refractivity contribution is 5.96. The van der Waals surface area contributed by atoms with Crippen LogP contribution < -0.4 is 10.6 Å². The van der Waals surface area contributed by atoms with Gasteiger partial charge in [0.15, 0.2) is 5.76 Å². The van der Waals surface area contributed by atoms with Gasteiger partial charge in [-0.2, -0.15) is 0 Å². The normalized spacial score (nSPS) is 29.7. The van der Waals surface area contributed by atoms with Crippen molar-refractivity contribution < 1.29 is 14.3 Å². The summed E-state index contributed by atoms with van der Waals surface area (Å²) in [5.74, 6) is 0.310. The van der Waals surface area contributed by atoms with Crippen molar-refractivity contribution in [2.24, 2.45) is 5.92 Å². The Labute approximate surface area is 173 Å². The molecule has 1 aliphatic heterocycles. The summed E-state index contributed by atoms with van der Waals surface area (Å²) in [6.07, 6.45) is 12.5. The molecule has 3 aliphatic rings. The minimum absolute atomic E-state index is 0.0368. The summed E-state index contributed by atoms with van der Waals surface area (Å²) in [6, 6.07) is 9.96. The zero-order chi connectivity index (χ0) is 20.1. The SMILES string of the molecule is O=C1NC2CC(C(=O)NC3CCCCCCC3)CCC2O/C1=C\c1ccccc1. The van der Waals surface area contributed by atoms with Crippen molar-refractivity contribution in [3.05, 3.63) is 41.7 Å². The third-order valence-electron chi connectivity index (χ3n) is 6.53. The third kappa shape index (κ3) is 5.20. The highest BCUT2D eigenvalue weighted by Gasteiger charge is 2.40. The van der Waals surface area contributed by atoms with Gasteiger partial charge >= 0.3 is 0 Å². The van der Waals surface area contributed by atoms with Crippen LogP contribution in [0.5, 0.6) is 0 Å². The summed E-state index contributed by atoms with van der Waals surface area (Å²) < 4.78 is 6.03. The predicted octanol–water partition coefficient (Wildman–Crippen LogP) is 3.94. The minimum Gasteiger partial charge on any atom is -0.483 e. The molecule has 2 saturated carbocycles. The van der Waals surface area contributed by atoms with Crippen LogP contribution in [0.15, 0.2) is 36.1 Å². The second kappa shape index (κ2) is 9.47. The van der Waals surface area contributed by atoms with Gasteiger partial charge in [-0.25, -0.2) is 0 Å². The predicted molar refractivity (Wildman–Crippen MR) is 113 cm³/mol. The molecule has 1 aromatic carbocycles. The van der Waals surface area contributed by atoms with Crippen LogP contribution in [0, 0.1) is 5.92 Å². The van der Waals surface area contributed by atoms with Gasteiger partial charge in [0.05, 0.1) is 6.04 Å². The smallest absolute Gasteiger partial charge is 0.286 e. The molecule has 29 heavy (non-hydrogen) atoms. The van der Waals surface area contributed by atoms with Crippen LogP contribution in [0.25, 0.3) is 6.08 Å². The van der Waals surface area contributed by atoms with Crippen LogP contribution >= 0.6 is 0 Å². The van der Waals surface area contributed by atoms with Crippen LogP contribution in [0.2, 0.25) is 0 Å². The van der Waals surface area contributed by atoms with Gasteiger partial charge < -0.3 is 15.4 Å². The molecule has 0 spiro atoms. The first kappa shape index (κ1) is 20.0. The van der Waals surface area contributed by atoms with Crippen LogP contribution in [-0.2, 0) is 14.3 Å². The molecule has 0 bridgehead atoms. The first-order valence-corrected chi connectivity index (χ1v) is 11.2. The molecule has 0 aromatic heterocycles. The van der Waals surface area contributed by atoms with E-state index in [1.165, 1.54) is 32.1 Å². The Hall–Kier alpha value is -2.30. The second-order valence-electron chi connectivity index (χ2n) is 8.72. The number of rotatable bonds is 3. The largest absolute Gasteiger partial charge is 0.483 e. The van der Waals surface area contributed by atoms with E-state index in [4.69, 9.17) is 4.74 Å². The molecular weight excluding hydrogens is 364 g/mol. The Morgan fingerprint density at radius 1 is 1.00 bits per heavy atom. The van der Waals surface area contributed by atoms with Gasteiger partial charge in [-0.15, -0.1) is 0 Å². The average Bonchev–Trinajstić information content (AvgIpc) is 2.71. The van der Waals surface area contributed by atoms with Crippen LogP contribution in [0.1, 0.15) is 69.8 Å². The summed E-state index contributed by atoms with van der Waals surface area (Å²) in [7, 11) is 0. The molecule has 2 amide bonds. The van der Waals surface area contributed by atoms with Gasteiger partial charge in [0.1, 0.15) is 6.10 Å². The fourth-order valence-electron chi connectivity index (χ4n) is 4.85. The topological polar surface area (TPSA) is 67.4 Å². The van der Waals surface area contributed by atoms with E-state index in [1.54, 1.807) is 6.08 Å². The third-order valence-corrected chi connectivity index (χ3v) is 6.53. The second-order valence-corrected chi connectivity index (χ2v) is 8.72.